The second-order valence-electron chi connectivity index (χ2n) is 6.92. The SMILES string of the molecule is Cc1ccc(S(N)(=O)=O)c(C2CCc3[nH]n(-c4ccccn4)c(=O)c3C2)c1. The maximum absolute atomic E-state index is 12.9. The molecule has 1 aliphatic rings. The molecule has 1 atom stereocenters. The fourth-order valence-electron chi connectivity index (χ4n) is 3.76. The third kappa shape index (κ3) is 3.22. The number of nitrogens with zero attached hydrogens (tertiary/aromatic N) is 2. The van der Waals surface area contributed by atoms with Crippen LogP contribution >= 0.6 is 0 Å². The smallest absolute Gasteiger partial charge is 0.276 e. The normalized spacial score (nSPS) is 16.9. The zero-order valence-corrected chi connectivity index (χ0v) is 15.7. The van der Waals surface area contributed by atoms with Crippen molar-refractivity contribution in [1.29, 1.82) is 0 Å². The Balaban J connectivity index is 1.76. The van der Waals surface area contributed by atoms with E-state index in [1.165, 1.54) is 4.68 Å². The van der Waals surface area contributed by atoms with Crippen LogP contribution in [0.25, 0.3) is 5.82 Å². The van der Waals surface area contributed by atoms with Crippen LogP contribution in [0.15, 0.2) is 52.3 Å². The molecule has 1 aromatic carbocycles. The Kier molecular flexibility index (Phi) is 4.24. The van der Waals surface area contributed by atoms with Crippen LogP contribution in [-0.4, -0.2) is 23.2 Å². The van der Waals surface area contributed by atoms with Gasteiger partial charge < -0.3 is 0 Å². The van der Waals surface area contributed by atoms with E-state index in [4.69, 9.17) is 5.14 Å². The maximum Gasteiger partial charge on any atom is 0.276 e. The molecule has 0 aliphatic heterocycles. The molecule has 2 heterocycles. The summed E-state index contributed by atoms with van der Waals surface area (Å²) in [7, 11) is -3.83. The van der Waals surface area contributed by atoms with Crippen LogP contribution in [0.2, 0.25) is 0 Å². The first kappa shape index (κ1) is 17.7. The van der Waals surface area contributed by atoms with Crippen LogP contribution in [0.3, 0.4) is 0 Å². The molecular weight excluding hydrogens is 364 g/mol. The van der Waals surface area contributed by atoms with Gasteiger partial charge in [-0.1, -0.05) is 23.8 Å². The minimum Gasteiger partial charge on any atom is -0.293 e. The van der Waals surface area contributed by atoms with Gasteiger partial charge in [-0.15, -0.1) is 0 Å². The number of hydrogen-bond donors (Lipinski definition) is 2. The molecule has 27 heavy (non-hydrogen) atoms. The van der Waals surface area contributed by atoms with E-state index in [-0.39, 0.29) is 16.4 Å². The summed E-state index contributed by atoms with van der Waals surface area (Å²) in [6.45, 7) is 1.91. The number of hydrogen-bond acceptors (Lipinski definition) is 4. The Morgan fingerprint density at radius 1 is 1.26 bits per heavy atom. The van der Waals surface area contributed by atoms with Gasteiger partial charge in [-0.3, -0.25) is 9.89 Å². The van der Waals surface area contributed by atoms with Gasteiger partial charge in [0.1, 0.15) is 0 Å². The van der Waals surface area contributed by atoms with Gasteiger partial charge in [0.05, 0.1) is 4.90 Å². The molecular formula is C19H20N4O3S. The molecule has 4 rings (SSSR count). The quantitative estimate of drug-likeness (QED) is 0.717. The van der Waals surface area contributed by atoms with Gasteiger partial charge in [0, 0.05) is 17.5 Å². The number of aromatic nitrogens is 3. The Morgan fingerprint density at radius 2 is 2.07 bits per heavy atom. The number of pyridine rings is 1. The van der Waals surface area contributed by atoms with Crippen LogP contribution in [0.4, 0.5) is 0 Å². The van der Waals surface area contributed by atoms with Gasteiger partial charge in [-0.25, -0.2) is 23.2 Å². The molecule has 3 aromatic rings. The average molecular weight is 384 g/mol. The number of sulfonamides is 1. The molecule has 1 aliphatic carbocycles. The predicted octanol–water partition coefficient (Wildman–Crippen LogP) is 1.79. The van der Waals surface area contributed by atoms with Gasteiger partial charge >= 0.3 is 0 Å². The Hall–Kier alpha value is -2.71. The second-order valence-corrected chi connectivity index (χ2v) is 8.45. The van der Waals surface area contributed by atoms with Gasteiger partial charge in [-0.2, -0.15) is 0 Å². The third-order valence-electron chi connectivity index (χ3n) is 5.06. The van der Waals surface area contributed by atoms with Crippen molar-refractivity contribution in [3.63, 3.8) is 0 Å². The highest BCUT2D eigenvalue weighted by Gasteiger charge is 2.29. The van der Waals surface area contributed by atoms with E-state index >= 15 is 0 Å². The van der Waals surface area contributed by atoms with Crippen molar-refractivity contribution in [3.05, 3.63) is 75.3 Å². The molecule has 7 nitrogen and oxygen atoms in total. The summed E-state index contributed by atoms with van der Waals surface area (Å²) in [5, 5.41) is 8.56. The first-order valence-electron chi connectivity index (χ1n) is 8.72. The fourth-order valence-corrected chi connectivity index (χ4v) is 4.57. The number of aryl methyl sites for hydroxylation is 2. The molecule has 0 radical (unpaired) electrons. The summed E-state index contributed by atoms with van der Waals surface area (Å²) in [6.07, 6.45) is 3.50. The van der Waals surface area contributed by atoms with Crippen molar-refractivity contribution in [2.24, 2.45) is 5.14 Å². The zero-order valence-electron chi connectivity index (χ0n) is 14.8. The molecule has 2 aromatic heterocycles. The minimum absolute atomic E-state index is 0.0774. The maximum atomic E-state index is 12.9. The monoisotopic (exact) mass is 384 g/mol. The summed E-state index contributed by atoms with van der Waals surface area (Å²) >= 11 is 0. The summed E-state index contributed by atoms with van der Waals surface area (Å²) < 4.78 is 25.5. The number of nitrogens with one attached hydrogen (secondary N) is 1. The highest BCUT2D eigenvalue weighted by molar-refractivity contribution is 7.89. The van der Waals surface area contributed by atoms with Crippen LogP contribution < -0.4 is 10.7 Å². The fraction of sp³-hybridized carbons (Fsp3) is 0.263. The van der Waals surface area contributed by atoms with E-state index in [0.29, 0.717) is 29.8 Å². The largest absolute Gasteiger partial charge is 0.293 e. The standard InChI is InChI=1S/C19H20N4O3S/c1-12-5-8-17(27(20,25)26)14(10-12)13-6-7-16-15(11-13)19(24)23(22-16)18-4-2-3-9-21-18/h2-5,8-10,13,22H,6-7,11H2,1H3,(H2,20,25,26). The number of primary sulfonamides is 1. The lowest BCUT2D eigenvalue weighted by Gasteiger charge is -2.23. The third-order valence-corrected chi connectivity index (χ3v) is 6.04. The topological polar surface area (TPSA) is 111 Å². The zero-order chi connectivity index (χ0) is 19.2. The van der Waals surface area contributed by atoms with Crippen LogP contribution in [-0.2, 0) is 22.9 Å². The number of H-pyrrole nitrogens is 1. The van der Waals surface area contributed by atoms with Gasteiger partial charge in [0.15, 0.2) is 5.82 Å². The van der Waals surface area contributed by atoms with Gasteiger partial charge in [0.2, 0.25) is 10.0 Å². The van der Waals surface area contributed by atoms with Gasteiger partial charge in [0.25, 0.3) is 5.56 Å². The number of fused-ring (bicyclic) bond motifs is 1. The first-order valence-corrected chi connectivity index (χ1v) is 10.3. The van der Waals surface area contributed by atoms with E-state index in [9.17, 15) is 13.2 Å². The lowest BCUT2D eigenvalue weighted by atomic mass is 9.82. The van der Waals surface area contributed by atoms with E-state index in [1.54, 1.807) is 30.5 Å². The van der Waals surface area contributed by atoms with Crippen LogP contribution in [0.1, 0.15) is 34.7 Å². The van der Waals surface area contributed by atoms with E-state index in [1.807, 2.05) is 19.1 Å². The molecule has 8 heteroatoms. The molecule has 3 N–H and O–H groups in total. The summed E-state index contributed by atoms with van der Waals surface area (Å²) in [5.41, 5.74) is 3.07. The van der Waals surface area contributed by atoms with Crippen molar-refractivity contribution in [3.8, 4) is 5.82 Å². The molecule has 0 saturated heterocycles. The molecule has 1 unspecified atom stereocenters. The van der Waals surface area contributed by atoms with Crippen molar-refractivity contribution in [1.82, 2.24) is 14.8 Å². The second kappa shape index (κ2) is 6.47. The number of aromatic amines is 1. The highest BCUT2D eigenvalue weighted by Crippen LogP contribution is 2.34. The van der Waals surface area contributed by atoms with Crippen molar-refractivity contribution >= 4 is 10.0 Å². The van der Waals surface area contributed by atoms with E-state index in [0.717, 1.165) is 17.7 Å². The lowest BCUT2D eigenvalue weighted by molar-refractivity contribution is 0.560. The molecule has 0 saturated carbocycles. The van der Waals surface area contributed by atoms with E-state index in [2.05, 4.69) is 10.1 Å². The lowest BCUT2D eigenvalue weighted by Crippen LogP contribution is -2.23. The van der Waals surface area contributed by atoms with E-state index < -0.39 is 10.0 Å². The summed E-state index contributed by atoms with van der Waals surface area (Å²) in [4.78, 5) is 17.3. The van der Waals surface area contributed by atoms with Gasteiger partial charge in [-0.05, 0) is 55.9 Å². The molecule has 140 valence electrons. The molecule has 0 amide bonds. The molecule has 0 fully saturated rings. The number of rotatable bonds is 3. The first-order chi connectivity index (χ1) is 12.8. The minimum atomic E-state index is -3.83. The van der Waals surface area contributed by atoms with Crippen molar-refractivity contribution in [2.75, 3.05) is 0 Å². The number of benzene rings is 1. The van der Waals surface area contributed by atoms with Crippen LogP contribution in [0.5, 0.6) is 0 Å². The number of nitrogens with two attached hydrogens (primary N) is 1. The predicted molar refractivity (Wildman–Crippen MR) is 102 cm³/mol. The highest BCUT2D eigenvalue weighted by atomic mass is 32.2. The summed E-state index contributed by atoms with van der Waals surface area (Å²) in [5.74, 6) is 0.459. The Morgan fingerprint density at radius 3 is 2.78 bits per heavy atom. The Labute approximate surface area is 156 Å². The van der Waals surface area contributed by atoms with Crippen molar-refractivity contribution in [2.45, 2.75) is 37.0 Å². The summed E-state index contributed by atoms with van der Waals surface area (Å²) in [6, 6.07) is 10.5. The van der Waals surface area contributed by atoms with Crippen LogP contribution in [0, 0.1) is 6.92 Å². The van der Waals surface area contributed by atoms with Crippen molar-refractivity contribution < 1.29 is 8.42 Å². The Bertz CT molecular complexity index is 1160. The molecule has 0 bridgehead atoms. The molecule has 0 spiro atoms. The average Bonchev–Trinajstić information content (AvgIpc) is 2.97.